The summed E-state index contributed by atoms with van der Waals surface area (Å²) >= 11 is 2.13. The van der Waals surface area contributed by atoms with Gasteiger partial charge >= 0.3 is 5.69 Å². The number of pyridine rings is 1. The number of ether oxygens (including phenoxy) is 1. The van der Waals surface area contributed by atoms with Crippen molar-refractivity contribution in [1.29, 1.82) is 0 Å². The lowest BCUT2D eigenvalue weighted by molar-refractivity contribution is -0.384. The summed E-state index contributed by atoms with van der Waals surface area (Å²) in [5.74, 6) is 3.17. The second-order valence-corrected chi connectivity index (χ2v) is 5.34. The summed E-state index contributed by atoms with van der Waals surface area (Å²) in [6, 6.07) is 8.27. The van der Waals surface area contributed by atoms with Crippen molar-refractivity contribution in [3.05, 3.63) is 55.8 Å². The molecule has 1 heterocycles. The van der Waals surface area contributed by atoms with Gasteiger partial charge in [-0.05, 0) is 52.4 Å². The number of hydrazone groups is 1. The average molecular weight is 422 g/mol. The summed E-state index contributed by atoms with van der Waals surface area (Å²) in [5, 5.41) is 14.8. The van der Waals surface area contributed by atoms with Crippen molar-refractivity contribution >= 4 is 40.3 Å². The van der Waals surface area contributed by atoms with Gasteiger partial charge in [0.15, 0.2) is 0 Å². The number of nitrogens with one attached hydrogen (secondary N) is 1. The standard InChI is InChI=1S/C15H11IN4O3/c1-2-8-23-14-6-5-11(9-12(14)16)10-18-19-15-13(20(21)22)4-3-7-17-15/h1,3-7,9-10H,8H2,(H,17,19). The number of hydrogen-bond donors (Lipinski definition) is 1. The van der Waals surface area contributed by atoms with Gasteiger partial charge in [-0.2, -0.15) is 5.10 Å². The molecule has 0 aliphatic carbocycles. The summed E-state index contributed by atoms with van der Waals surface area (Å²) in [5.41, 5.74) is 3.23. The third-order valence-corrected chi connectivity index (χ3v) is 3.48. The number of rotatable bonds is 6. The van der Waals surface area contributed by atoms with Gasteiger partial charge in [-0.25, -0.2) is 4.98 Å². The lowest BCUT2D eigenvalue weighted by atomic mass is 10.2. The zero-order valence-corrected chi connectivity index (χ0v) is 13.9. The van der Waals surface area contributed by atoms with Crippen LogP contribution in [-0.4, -0.2) is 22.7 Å². The number of nitrogens with zero attached hydrogens (tertiary/aromatic N) is 3. The Kier molecular flexibility index (Phi) is 5.87. The minimum absolute atomic E-state index is 0.0809. The fourth-order valence-electron chi connectivity index (χ4n) is 1.63. The van der Waals surface area contributed by atoms with Gasteiger partial charge in [-0.3, -0.25) is 15.5 Å². The maximum absolute atomic E-state index is 10.9. The quantitative estimate of drug-likeness (QED) is 0.254. The van der Waals surface area contributed by atoms with E-state index in [1.807, 2.05) is 6.07 Å². The van der Waals surface area contributed by atoms with E-state index in [9.17, 15) is 10.1 Å². The van der Waals surface area contributed by atoms with E-state index >= 15 is 0 Å². The molecule has 0 saturated carbocycles. The highest BCUT2D eigenvalue weighted by Gasteiger charge is 2.12. The second kappa shape index (κ2) is 8.09. The first-order valence-corrected chi connectivity index (χ1v) is 7.44. The minimum Gasteiger partial charge on any atom is -0.480 e. The van der Waals surface area contributed by atoms with Crippen LogP contribution in [0.1, 0.15) is 5.56 Å². The Labute approximate surface area is 146 Å². The van der Waals surface area contributed by atoms with Crippen LogP contribution in [0.3, 0.4) is 0 Å². The molecule has 0 aliphatic heterocycles. The molecule has 23 heavy (non-hydrogen) atoms. The topological polar surface area (TPSA) is 89.7 Å². The van der Waals surface area contributed by atoms with Crippen LogP contribution >= 0.6 is 22.6 Å². The highest BCUT2D eigenvalue weighted by molar-refractivity contribution is 14.1. The molecule has 1 aromatic carbocycles. The van der Waals surface area contributed by atoms with Gasteiger partial charge in [0.25, 0.3) is 0 Å². The number of terminal acetylenes is 1. The van der Waals surface area contributed by atoms with Gasteiger partial charge in [0.05, 0.1) is 14.7 Å². The number of halogens is 1. The molecule has 0 saturated heterocycles. The summed E-state index contributed by atoms with van der Waals surface area (Å²) in [6.07, 6.45) is 8.13. The summed E-state index contributed by atoms with van der Waals surface area (Å²) in [4.78, 5) is 14.2. The van der Waals surface area contributed by atoms with Crippen molar-refractivity contribution in [1.82, 2.24) is 4.98 Å². The van der Waals surface area contributed by atoms with Crippen LogP contribution in [0.2, 0.25) is 0 Å². The maximum Gasteiger partial charge on any atom is 0.313 e. The van der Waals surface area contributed by atoms with E-state index in [-0.39, 0.29) is 18.1 Å². The Hall–Kier alpha value is -2.67. The molecule has 0 spiro atoms. The van der Waals surface area contributed by atoms with Gasteiger partial charge < -0.3 is 4.74 Å². The second-order valence-electron chi connectivity index (χ2n) is 4.18. The number of hydrogen-bond acceptors (Lipinski definition) is 6. The molecule has 2 aromatic rings. The van der Waals surface area contributed by atoms with E-state index in [4.69, 9.17) is 11.2 Å². The average Bonchev–Trinajstić information content (AvgIpc) is 2.54. The first-order valence-electron chi connectivity index (χ1n) is 6.36. The van der Waals surface area contributed by atoms with Gasteiger partial charge in [0.1, 0.15) is 12.4 Å². The molecule has 116 valence electrons. The predicted molar refractivity (Wildman–Crippen MR) is 95.6 cm³/mol. The fraction of sp³-hybridized carbons (Fsp3) is 0.0667. The van der Waals surface area contributed by atoms with Crippen molar-refractivity contribution in [2.24, 2.45) is 5.10 Å². The number of aromatic nitrogens is 1. The Bertz CT molecular complexity index is 787. The van der Waals surface area contributed by atoms with Crippen molar-refractivity contribution in [3.63, 3.8) is 0 Å². The molecule has 0 radical (unpaired) electrons. The van der Waals surface area contributed by atoms with E-state index in [1.165, 1.54) is 24.5 Å². The number of anilines is 1. The third-order valence-electron chi connectivity index (χ3n) is 2.63. The van der Waals surface area contributed by atoms with Crippen molar-refractivity contribution in [2.75, 3.05) is 12.0 Å². The number of benzene rings is 1. The van der Waals surface area contributed by atoms with Gasteiger partial charge in [-0.1, -0.05) is 5.92 Å². The molecule has 0 amide bonds. The molecular formula is C15H11IN4O3. The molecular weight excluding hydrogens is 411 g/mol. The van der Waals surface area contributed by atoms with Crippen LogP contribution < -0.4 is 10.2 Å². The molecule has 0 aliphatic rings. The molecule has 0 fully saturated rings. The Balaban J connectivity index is 2.08. The van der Waals surface area contributed by atoms with E-state index in [2.05, 4.69) is 44.0 Å². The molecule has 0 atom stereocenters. The lowest BCUT2D eigenvalue weighted by Gasteiger charge is -2.05. The Morgan fingerprint density at radius 3 is 3.04 bits per heavy atom. The highest BCUT2D eigenvalue weighted by atomic mass is 127. The molecule has 0 bridgehead atoms. The third kappa shape index (κ3) is 4.65. The van der Waals surface area contributed by atoms with Gasteiger partial charge in [-0.15, -0.1) is 6.42 Å². The molecule has 2 rings (SSSR count). The first kappa shape index (κ1) is 16.7. The summed E-state index contributed by atoms with van der Waals surface area (Å²) in [6.45, 7) is 0.203. The lowest BCUT2D eigenvalue weighted by Crippen LogP contribution is -1.99. The first-order chi connectivity index (χ1) is 11.1. The van der Waals surface area contributed by atoms with Crippen LogP contribution in [0, 0.1) is 26.0 Å². The van der Waals surface area contributed by atoms with E-state index in [0.717, 1.165) is 9.13 Å². The van der Waals surface area contributed by atoms with Crippen molar-refractivity contribution in [3.8, 4) is 18.1 Å². The minimum atomic E-state index is -0.522. The van der Waals surface area contributed by atoms with E-state index in [1.54, 1.807) is 12.1 Å². The van der Waals surface area contributed by atoms with Crippen LogP contribution in [0.15, 0.2) is 41.6 Å². The Morgan fingerprint density at radius 2 is 2.35 bits per heavy atom. The van der Waals surface area contributed by atoms with Crippen LogP contribution in [0.4, 0.5) is 11.5 Å². The molecule has 7 nitrogen and oxygen atoms in total. The normalized spacial score (nSPS) is 10.3. The zero-order chi connectivity index (χ0) is 16.7. The number of nitro groups is 1. The zero-order valence-electron chi connectivity index (χ0n) is 11.8. The van der Waals surface area contributed by atoms with Gasteiger partial charge in [0, 0.05) is 12.3 Å². The maximum atomic E-state index is 10.9. The van der Waals surface area contributed by atoms with Crippen LogP contribution in [0.25, 0.3) is 0 Å². The van der Waals surface area contributed by atoms with Crippen LogP contribution in [-0.2, 0) is 0 Å². The Morgan fingerprint density at radius 1 is 1.52 bits per heavy atom. The predicted octanol–water partition coefficient (Wildman–Crippen LogP) is 3.05. The molecule has 1 N–H and O–H groups in total. The van der Waals surface area contributed by atoms with Crippen molar-refractivity contribution in [2.45, 2.75) is 0 Å². The molecule has 8 heteroatoms. The highest BCUT2D eigenvalue weighted by Crippen LogP contribution is 2.22. The SMILES string of the molecule is C#CCOc1ccc(C=NNc2ncccc2[N+](=O)[O-])cc1I. The smallest absolute Gasteiger partial charge is 0.313 e. The van der Waals surface area contributed by atoms with E-state index in [0.29, 0.717) is 5.75 Å². The summed E-state index contributed by atoms with van der Waals surface area (Å²) in [7, 11) is 0. The fourth-order valence-corrected chi connectivity index (χ4v) is 2.33. The van der Waals surface area contributed by atoms with Gasteiger partial charge in [0.2, 0.25) is 5.82 Å². The van der Waals surface area contributed by atoms with Crippen molar-refractivity contribution < 1.29 is 9.66 Å². The monoisotopic (exact) mass is 422 g/mol. The molecule has 0 unspecified atom stereocenters. The van der Waals surface area contributed by atoms with E-state index < -0.39 is 4.92 Å². The summed E-state index contributed by atoms with van der Waals surface area (Å²) < 4.78 is 6.25. The largest absolute Gasteiger partial charge is 0.480 e. The molecule has 1 aromatic heterocycles. The van der Waals surface area contributed by atoms with Crippen LogP contribution in [0.5, 0.6) is 5.75 Å².